The molecule has 2 unspecified atom stereocenters. The quantitative estimate of drug-likeness (QED) is 0.180. The molecule has 0 aliphatic rings. The van der Waals surface area contributed by atoms with Gasteiger partial charge in [0.1, 0.15) is 23.7 Å². The summed E-state index contributed by atoms with van der Waals surface area (Å²) < 4.78 is 5.22. The molecule has 10 nitrogen and oxygen atoms in total. The molecule has 2 aromatic rings. The lowest BCUT2D eigenvalue weighted by atomic mass is 10.1. The van der Waals surface area contributed by atoms with Crippen LogP contribution in [0.1, 0.15) is 11.1 Å². The lowest BCUT2D eigenvalue weighted by Crippen LogP contribution is -2.50. The number of amidine groups is 1. The summed E-state index contributed by atoms with van der Waals surface area (Å²) in [5, 5.41) is 34.7. The Morgan fingerprint density at radius 1 is 1.16 bits per heavy atom. The maximum absolute atomic E-state index is 12.5. The van der Waals surface area contributed by atoms with E-state index in [1.54, 1.807) is 24.3 Å². The molecule has 0 heterocycles. The first-order chi connectivity index (χ1) is 14.8. The number of benzene rings is 2. The van der Waals surface area contributed by atoms with Crippen molar-refractivity contribution in [3.63, 3.8) is 0 Å². The first-order valence-electron chi connectivity index (χ1n) is 9.52. The number of methoxy groups -OCH3 is 1. The van der Waals surface area contributed by atoms with E-state index >= 15 is 0 Å². The number of amides is 2. The molecule has 11 heteroatoms. The zero-order valence-corrected chi connectivity index (χ0v) is 18.3. The highest BCUT2D eigenvalue weighted by Crippen LogP contribution is 2.16. The van der Waals surface area contributed by atoms with Crippen molar-refractivity contribution < 1.29 is 24.5 Å². The molecular formula is C21H28ClN5O5. The Hall–Kier alpha value is -3.34. The third-order valence-corrected chi connectivity index (χ3v) is 4.44. The fourth-order valence-electron chi connectivity index (χ4n) is 2.78. The minimum Gasteiger partial charge on any atom is -0.496 e. The van der Waals surface area contributed by atoms with Gasteiger partial charge in [0.15, 0.2) is 0 Å². The summed E-state index contributed by atoms with van der Waals surface area (Å²) >= 11 is 0. The van der Waals surface area contributed by atoms with Crippen LogP contribution in [0.25, 0.3) is 0 Å². The number of nitrogen functional groups attached to an aromatic ring is 1. The smallest absolute Gasteiger partial charge is 0.245 e. The second kappa shape index (κ2) is 13.2. The van der Waals surface area contributed by atoms with Crippen LogP contribution < -0.4 is 26.4 Å². The van der Waals surface area contributed by atoms with Crippen molar-refractivity contribution in [3.05, 3.63) is 59.7 Å². The number of para-hydroxylation sites is 1. The third-order valence-electron chi connectivity index (χ3n) is 4.44. The molecule has 2 atom stereocenters. The fraction of sp³-hybridized carbons (Fsp3) is 0.286. The Morgan fingerprint density at radius 2 is 1.88 bits per heavy atom. The number of anilines is 1. The van der Waals surface area contributed by atoms with E-state index in [4.69, 9.17) is 15.9 Å². The molecule has 0 radical (unpaired) electrons. The van der Waals surface area contributed by atoms with Crippen LogP contribution >= 0.6 is 12.4 Å². The summed E-state index contributed by atoms with van der Waals surface area (Å²) in [6, 6.07) is 12.4. The highest BCUT2D eigenvalue weighted by molar-refractivity contribution is 5.96. The minimum atomic E-state index is -1.42. The van der Waals surface area contributed by atoms with E-state index in [2.05, 4.69) is 16.0 Å². The SMILES string of the molecule is COc1ccccc1CNC(=O)CNC(=O)C(Nc1cccc(C(=N)N)c1)C(O)CO.Cl. The third kappa shape index (κ3) is 7.73. The summed E-state index contributed by atoms with van der Waals surface area (Å²) in [5.41, 5.74) is 7.09. The van der Waals surface area contributed by atoms with Crippen molar-refractivity contribution >= 4 is 35.7 Å². The molecule has 2 rings (SSSR count). The zero-order chi connectivity index (χ0) is 22.8. The molecule has 0 bridgehead atoms. The molecule has 2 amide bonds. The van der Waals surface area contributed by atoms with Crippen LogP contribution in [0, 0.1) is 5.41 Å². The van der Waals surface area contributed by atoms with Crippen LogP contribution in [0.15, 0.2) is 48.5 Å². The van der Waals surface area contributed by atoms with Crippen molar-refractivity contribution in [3.8, 4) is 5.75 Å². The van der Waals surface area contributed by atoms with Crippen molar-refractivity contribution in [2.45, 2.75) is 18.7 Å². The normalized spacial score (nSPS) is 12.0. The molecule has 2 aromatic carbocycles. The minimum absolute atomic E-state index is 0. The molecule has 174 valence electrons. The van der Waals surface area contributed by atoms with E-state index in [1.165, 1.54) is 13.2 Å². The van der Waals surface area contributed by atoms with Crippen LogP contribution in [0.3, 0.4) is 0 Å². The summed E-state index contributed by atoms with van der Waals surface area (Å²) in [6.07, 6.45) is -1.42. The molecule has 0 spiro atoms. The van der Waals surface area contributed by atoms with Gasteiger partial charge in [0.2, 0.25) is 11.8 Å². The predicted octanol–water partition coefficient (Wildman–Crippen LogP) is -0.0326. The van der Waals surface area contributed by atoms with E-state index in [0.29, 0.717) is 17.0 Å². The topological polar surface area (TPSA) is 170 Å². The van der Waals surface area contributed by atoms with Gasteiger partial charge < -0.3 is 36.6 Å². The van der Waals surface area contributed by atoms with E-state index in [9.17, 15) is 19.8 Å². The van der Waals surface area contributed by atoms with Crippen molar-refractivity contribution in [1.82, 2.24) is 10.6 Å². The first kappa shape index (κ1) is 26.7. The van der Waals surface area contributed by atoms with Gasteiger partial charge in [0, 0.05) is 23.4 Å². The fourth-order valence-corrected chi connectivity index (χ4v) is 2.78. The highest BCUT2D eigenvalue weighted by Gasteiger charge is 2.26. The maximum Gasteiger partial charge on any atom is 0.245 e. The molecule has 0 fully saturated rings. The summed E-state index contributed by atoms with van der Waals surface area (Å²) in [5.74, 6) is -0.633. The Kier molecular flexibility index (Phi) is 11.0. The lowest BCUT2D eigenvalue weighted by molar-refractivity contribution is -0.128. The van der Waals surface area contributed by atoms with E-state index in [0.717, 1.165) is 5.56 Å². The summed E-state index contributed by atoms with van der Waals surface area (Å²) in [4.78, 5) is 24.7. The Morgan fingerprint density at radius 3 is 2.53 bits per heavy atom. The van der Waals surface area contributed by atoms with Gasteiger partial charge in [-0.3, -0.25) is 15.0 Å². The second-order valence-corrected chi connectivity index (χ2v) is 6.67. The van der Waals surface area contributed by atoms with Gasteiger partial charge in [0.25, 0.3) is 0 Å². The molecular weight excluding hydrogens is 438 g/mol. The Labute approximate surface area is 192 Å². The standard InChI is InChI=1S/C21H27N5O5.ClH/c1-31-17-8-3-2-5-14(17)10-24-18(29)11-25-21(30)19(16(28)12-27)26-15-7-4-6-13(9-15)20(22)23;/h2-9,16,19,26-28H,10-12H2,1H3,(H3,22,23)(H,24,29)(H,25,30);1H. The average molecular weight is 466 g/mol. The predicted molar refractivity (Wildman–Crippen MR) is 123 cm³/mol. The second-order valence-electron chi connectivity index (χ2n) is 6.67. The molecule has 0 saturated heterocycles. The van der Waals surface area contributed by atoms with Gasteiger partial charge in [-0.25, -0.2) is 0 Å². The number of carbonyl (C=O) groups is 2. The van der Waals surface area contributed by atoms with Gasteiger partial charge in [-0.05, 0) is 18.2 Å². The van der Waals surface area contributed by atoms with E-state index in [1.807, 2.05) is 18.2 Å². The van der Waals surface area contributed by atoms with Crippen molar-refractivity contribution in [1.29, 1.82) is 5.41 Å². The van der Waals surface area contributed by atoms with Crippen LogP contribution in [-0.2, 0) is 16.1 Å². The number of ether oxygens (including phenoxy) is 1. The number of aliphatic hydroxyl groups excluding tert-OH is 2. The van der Waals surface area contributed by atoms with Crippen LogP contribution in [0.2, 0.25) is 0 Å². The number of nitrogens with one attached hydrogen (secondary N) is 4. The van der Waals surface area contributed by atoms with Gasteiger partial charge in [-0.2, -0.15) is 0 Å². The largest absolute Gasteiger partial charge is 0.496 e. The van der Waals surface area contributed by atoms with Crippen LogP contribution in [0.4, 0.5) is 5.69 Å². The van der Waals surface area contributed by atoms with Gasteiger partial charge in [0.05, 0.1) is 20.3 Å². The molecule has 32 heavy (non-hydrogen) atoms. The van der Waals surface area contributed by atoms with Crippen LogP contribution in [0.5, 0.6) is 5.75 Å². The average Bonchev–Trinajstić information content (AvgIpc) is 2.79. The Bertz CT molecular complexity index is 927. The lowest BCUT2D eigenvalue weighted by Gasteiger charge is -2.23. The molecule has 0 aromatic heterocycles. The maximum atomic E-state index is 12.5. The monoisotopic (exact) mass is 465 g/mol. The highest BCUT2D eigenvalue weighted by atomic mass is 35.5. The van der Waals surface area contributed by atoms with E-state index in [-0.39, 0.29) is 31.3 Å². The molecule has 0 aliphatic heterocycles. The number of carbonyl (C=O) groups excluding carboxylic acids is 2. The number of rotatable bonds is 11. The number of nitrogens with two attached hydrogens (primary N) is 1. The molecule has 0 aliphatic carbocycles. The number of hydrogen-bond donors (Lipinski definition) is 7. The van der Waals surface area contributed by atoms with Gasteiger partial charge in [-0.1, -0.05) is 30.3 Å². The van der Waals surface area contributed by atoms with Gasteiger partial charge >= 0.3 is 0 Å². The molecule has 0 saturated carbocycles. The van der Waals surface area contributed by atoms with Crippen molar-refractivity contribution in [2.24, 2.45) is 5.73 Å². The zero-order valence-electron chi connectivity index (χ0n) is 17.5. The van der Waals surface area contributed by atoms with Crippen molar-refractivity contribution in [2.75, 3.05) is 25.6 Å². The Balaban J connectivity index is 0.00000512. The van der Waals surface area contributed by atoms with Gasteiger partial charge in [-0.15, -0.1) is 12.4 Å². The summed E-state index contributed by atoms with van der Waals surface area (Å²) in [6.45, 7) is -0.771. The number of hydrogen-bond acceptors (Lipinski definition) is 7. The van der Waals surface area contributed by atoms with E-state index < -0.39 is 30.6 Å². The molecule has 8 N–H and O–H groups in total. The number of halogens is 1. The number of aliphatic hydroxyl groups is 2. The van der Waals surface area contributed by atoms with Crippen LogP contribution in [-0.4, -0.2) is 60.3 Å². The summed E-state index contributed by atoms with van der Waals surface area (Å²) in [7, 11) is 1.53. The first-order valence-corrected chi connectivity index (χ1v) is 9.52.